The lowest BCUT2D eigenvalue weighted by Crippen LogP contribution is -2.50. The van der Waals surface area contributed by atoms with Crippen LogP contribution in [0.4, 0.5) is 10.5 Å². The molecule has 16 heavy (non-hydrogen) atoms. The van der Waals surface area contributed by atoms with Crippen molar-refractivity contribution in [1.82, 2.24) is 4.90 Å². The minimum Gasteiger partial charge on any atom is -0.293 e. The van der Waals surface area contributed by atoms with Crippen molar-refractivity contribution in [2.24, 2.45) is 0 Å². The average Bonchev–Trinajstić information content (AvgIpc) is 2.28. The number of benzene rings is 1. The molecule has 3 amide bonds. The van der Waals surface area contributed by atoms with Crippen molar-refractivity contribution in [2.45, 2.75) is 13.3 Å². The number of rotatable bonds is 1. The number of hydrogen-bond donors (Lipinski definition) is 0. The first-order valence-electron chi connectivity index (χ1n) is 5.25. The fourth-order valence-corrected chi connectivity index (χ4v) is 1.85. The van der Waals surface area contributed by atoms with E-state index in [4.69, 9.17) is 0 Å². The van der Waals surface area contributed by atoms with E-state index in [1.807, 2.05) is 31.2 Å². The molecular weight excluding hydrogens is 204 g/mol. The number of aryl methyl sites for hydroxylation is 1. The van der Waals surface area contributed by atoms with Gasteiger partial charge in [-0.25, -0.2) is 4.79 Å². The Morgan fingerprint density at radius 2 is 1.88 bits per heavy atom. The third-order valence-corrected chi connectivity index (χ3v) is 2.85. The van der Waals surface area contributed by atoms with Gasteiger partial charge in [0, 0.05) is 25.7 Å². The van der Waals surface area contributed by atoms with E-state index in [-0.39, 0.29) is 11.9 Å². The van der Waals surface area contributed by atoms with Crippen LogP contribution in [-0.4, -0.2) is 30.4 Å². The van der Waals surface area contributed by atoms with E-state index in [0.717, 1.165) is 11.3 Å². The minimum absolute atomic E-state index is 0.116. The molecule has 1 aromatic carbocycles. The van der Waals surface area contributed by atoms with Gasteiger partial charge in [0.2, 0.25) is 5.91 Å². The summed E-state index contributed by atoms with van der Waals surface area (Å²) < 4.78 is 0. The third kappa shape index (κ3) is 1.66. The van der Waals surface area contributed by atoms with Crippen LogP contribution < -0.4 is 4.90 Å². The van der Waals surface area contributed by atoms with Gasteiger partial charge in [0.1, 0.15) is 0 Å². The monoisotopic (exact) mass is 218 g/mol. The van der Waals surface area contributed by atoms with Crippen LogP contribution in [0.15, 0.2) is 24.3 Å². The van der Waals surface area contributed by atoms with Crippen LogP contribution in [0.25, 0.3) is 0 Å². The lowest BCUT2D eigenvalue weighted by Gasteiger charge is -2.32. The molecule has 4 nitrogen and oxygen atoms in total. The van der Waals surface area contributed by atoms with Gasteiger partial charge in [0.05, 0.1) is 0 Å². The first-order chi connectivity index (χ1) is 7.61. The molecule has 1 saturated heterocycles. The Morgan fingerprint density at radius 1 is 1.19 bits per heavy atom. The van der Waals surface area contributed by atoms with Crippen molar-refractivity contribution in [3.63, 3.8) is 0 Å². The Bertz CT molecular complexity index is 442. The van der Waals surface area contributed by atoms with Crippen LogP contribution in [0.5, 0.6) is 0 Å². The number of nitrogens with zero attached hydrogens (tertiary/aromatic N) is 2. The first kappa shape index (κ1) is 10.7. The largest absolute Gasteiger partial charge is 0.330 e. The van der Waals surface area contributed by atoms with Crippen molar-refractivity contribution in [3.05, 3.63) is 29.8 Å². The van der Waals surface area contributed by atoms with Gasteiger partial charge in [-0.05, 0) is 18.6 Å². The molecule has 0 atom stereocenters. The highest BCUT2D eigenvalue weighted by Crippen LogP contribution is 2.23. The molecule has 1 aliphatic heterocycles. The van der Waals surface area contributed by atoms with E-state index < -0.39 is 0 Å². The van der Waals surface area contributed by atoms with E-state index in [9.17, 15) is 9.59 Å². The van der Waals surface area contributed by atoms with Crippen LogP contribution in [0.2, 0.25) is 0 Å². The SMILES string of the molecule is Cc1ccccc1N1CCC(=O)N(C)C1=O. The summed E-state index contributed by atoms with van der Waals surface area (Å²) >= 11 is 0. The minimum atomic E-state index is -0.245. The zero-order valence-electron chi connectivity index (χ0n) is 9.43. The maximum Gasteiger partial charge on any atom is 0.330 e. The van der Waals surface area contributed by atoms with Crippen LogP contribution in [0.1, 0.15) is 12.0 Å². The Balaban J connectivity index is 2.32. The third-order valence-electron chi connectivity index (χ3n) is 2.85. The number of amides is 3. The van der Waals surface area contributed by atoms with Crippen molar-refractivity contribution >= 4 is 17.6 Å². The highest BCUT2D eigenvalue weighted by Gasteiger charge is 2.30. The molecular formula is C12H14N2O2. The molecule has 0 spiro atoms. The van der Waals surface area contributed by atoms with Crippen molar-refractivity contribution < 1.29 is 9.59 Å². The Kier molecular flexibility index (Phi) is 2.64. The predicted octanol–water partition coefficient (Wildman–Crippen LogP) is 1.78. The van der Waals surface area contributed by atoms with Gasteiger partial charge in [-0.15, -0.1) is 0 Å². The molecule has 0 aromatic heterocycles. The maximum atomic E-state index is 11.9. The van der Waals surface area contributed by atoms with Gasteiger partial charge >= 0.3 is 6.03 Å². The number of imide groups is 1. The Morgan fingerprint density at radius 3 is 2.56 bits per heavy atom. The topological polar surface area (TPSA) is 40.6 Å². The van der Waals surface area contributed by atoms with Gasteiger partial charge in [-0.3, -0.25) is 14.6 Å². The molecule has 0 saturated carbocycles. The molecule has 1 aliphatic rings. The second-order valence-electron chi connectivity index (χ2n) is 3.92. The standard InChI is InChI=1S/C12H14N2O2/c1-9-5-3-4-6-10(9)14-8-7-11(15)13(2)12(14)16/h3-6H,7-8H2,1-2H3. The summed E-state index contributed by atoms with van der Waals surface area (Å²) in [6, 6.07) is 7.44. The summed E-state index contributed by atoms with van der Waals surface area (Å²) in [6.07, 6.45) is 0.385. The number of urea groups is 1. The number of anilines is 1. The van der Waals surface area contributed by atoms with E-state index in [2.05, 4.69) is 0 Å². The van der Waals surface area contributed by atoms with Gasteiger partial charge in [-0.2, -0.15) is 0 Å². The van der Waals surface area contributed by atoms with Crippen LogP contribution in [0, 0.1) is 6.92 Å². The molecule has 84 valence electrons. The van der Waals surface area contributed by atoms with Crippen molar-refractivity contribution in [2.75, 3.05) is 18.5 Å². The van der Waals surface area contributed by atoms with Gasteiger partial charge in [-0.1, -0.05) is 18.2 Å². The Hall–Kier alpha value is -1.84. The Labute approximate surface area is 94.5 Å². The van der Waals surface area contributed by atoms with Gasteiger partial charge in [0.15, 0.2) is 0 Å². The summed E-state index contributed by atoms with van der Waals surface area (Å²) in [7, 11) is 1.52. The highest BCUT2D eigenvalue weighted by molar-refractivity contribution is 6.05. The quantitative estimate of drug-likeness (QED) is 0.721. The number of para-hydroxylation sites is 1. The normalized spacial score (nSPS) is 16.9. The predicted molar refractivity (Wildman–Crippen MR) is 61.3 cm³/mol. The molecule has 2 rings (SSSR count). The second kappa shape index (κ2) is 3.96. The van der Waals surface area contributed by atoms with E-state index >= 15 is 0 Å². The van der Waals surface area contributed by atoms with Gasteiger partial charge < -0.3 is 0 Å². The zero-order valence-corrected chi connectivity index (χ0v) is 9.43. The molecule has 0 radical (unpaired) electrons. The first-order valence-corrected chi connectivity index (χ1v) is 5.25. The van der Waals surface area contributed by atoms with Crippen molar-refractivity contribution in [3.8, 4) is 0 Å². The van der Waals surface area contributed by atoms with Crippen LogP contribution in [0.3, 0.4) is 0 Å². The average molecular weight is 218 g/mol. The summed E-state index contributed by atoms with van der Waals surface area (Å²) in [5.74, 6) is -0.116. The summed E-state index contributed by atoms with van der Waals surface area (Å²) in [5, 5.41) is 0. The zero-order chi connectivity index (χ0) is 11.7. The number of hydrogen-bond acceptors (Lipinski definition) is 2. The maximum absolute atomic E-state index is 11.9. The summed E-state index contributed by atoms with van der Waals surface area (Å²) in [4.78, 5) is 26.1. The molecule has 0 N–H and O–H groups in total. The van der Waals surface area contributed by atoms with Crippen molar-refractivity contribution in [1.29, 1.82) is 0 Å². The molecule has 4 heteroatoms. The molecule has 0 bridgehead atoms. The number of carbonyl (C=O) groups excluding carboxylic acids is 2. The van der Waals surface area contributed by atoms with Gasteiger partial charge in [0.25, 0.3) is 0 Å². The molecule has 1 heterocycles. The smallest absolute Gasteiger partial charge is 0.293 e. The fraction of sp³-hybridized carbons (Fsp3) is 0.333. The molecule has 0 aliphatic carbocycles. The lowest BCUT2D eigenvalue weighted by atomic mass is 10.1. The summed E-state index contributed by atoms with van der Waals surface area (Å²) in [5.41, 5.74) is 1.92. The van der Waals surface area contributed by atoms with E-state index in [1.54, 1.807) is 4.90 Å². The molecule has 1 aromatic rings. The summed E-state index contributed by atoms with van der Waals surface area (Å²) in [6.45, 7) is 2.42. The fourth-order valence-electron chi connectivity index (χ4n) is 1.85. The molecule has 0 unspecified atom stereocenters. The lowest BCUT2D eigenvalue weighted by molar-refractivity contribution is -0.127. The van der Waals surface area contributed by atoms with Crippen LogP contribution in [-0.2, 0) is 4.79 Å². The second-order valence-corrected chi connectivity index (χ2v) is 3.92. The van der Waals surface area contributed by atoms with Crippen LogP contribution >= 0.6 is 0 Å². The van der Waals surface area contributed by atoms with E-state index in [0.29, 0.717) is 13.0 Å². The highest BCUT2D eigenvalue weighted by atomic mass is 16.2. The number of carbonyl (C=O) groups is 2. The van der Waals surface area contributed by atoms with E-state index in [1.165, 1.54) is 11.9 Å². The molecule has 1 fully saturated rings.